The molecule has 0 fully saturated rings. The molecule has 0 amide bonds. The van der Waals surface area contributed by atoms with Crippen molar-refractivity contribution >= 4 is 0 Å². The van der Waals surface area contributed by atoms with Gasteiger partial charge in [0.25, 0.3) is 0 Å². The normalized spacial score (nSPS) is 14.8. The van der Waals surface area contributed by atoms with E-state index in [1.807, 2.05) is 0 Å². The van der Waals surface area contributed by atoms with E-state index in [0.717, 1.165) is 6.04 Å². The number of hydrogen-bond acceptors (Lipinski definition) is 1. The van der Waals surface area contributed by atoms with Crippen LogP contribution < -0.4 is 0 Å². The van der Waals surface area contributed by atoms with Crippen molar-refractivity contribution in [2.75, 3.05) is 7.05 Å². The second kappa shape index (κ2) is 6.44. The molecular weight excluding hydrogens is 170 g/mol. The lowest BCUT2D eigenvalue weighted by Crippen LogP contribution is -2.45. The first-order valence-corrected chi connectivity index (χ1v) is 6.18. The van der Waals surface area contributed by atoms with Gasteiger partial charge in [0.15, 0.2) is 0 Å². The zero-order valence-electron chi connectivity index (χ0n) is 11.1. The van der Waals surface area contributed by atoms with Gasteiger partial charge in [-0.15, -0.1) is 0 Å². The van der Waals surface area contributed by atoms with Gasteiger partial charge < -0.3 is 0 Å². The van der Waals surface area contributed by atoms with Crippen molar-refractivity contribution in [1.82, 2.24) is 4.90 Å². The molecule has 0 radical (unpaired) electrons. The van der Waals surface area contributed by atoms with Gasteiger partial charge in [-0.2, -0.15) is 0 Å². The van der Waals surface area contributed by atoms with E-state index < -0.39 is 0 Å². The summed E-state index contributed by atoms with van der Waals surface area (Å²) in [6.07, 6.45) is 6.65. The van der Waals surface area contributed by atoms with Crippen LogP contribution in [0.15, 0.2) is 0 Å². The molecule has 1 atom stereocenters. The van der Waals surface area contributed by atoms with Crippen LogP contribution in [-0.2, 0) is 0 Å². The van der Waals surface area contributed by atoms with Crippen molar-refractivity contribution in [3.63, 3.8) is 0 Å². The summed E-state index contributed by atoms with van der Waals surface area (Å²) in [5.41, 5.74) is 0.353. The summed E-state index contributed by atoms with van der Waals surface area (Å²) < 4.78 is 0. The largest absolute Gasteiger partial charge is 0.299 e. The standard InChI is InChI=1S/C13H29N/c1-7-9-10-11-12(3)14(6)13(4,5)8-2/h12H,7-11H2,1-6H3. The van der Waals surface area contributed by atoms with Crippen molar-refractivity contribution in [2.24, 2.45) is 0 Å². The number of unbranched alkanes of at least 4 members (excludes halogenated alkanes) is 2. The second-order valence-electron chi connectivity index (χ2n) is 5.12. The van der Waals surface area contributed by atoms with Gasteiger partial charge in [-0.05, 0) is 40.7 Å². The highest BCUT2D eigenvalue weighted by Crippen LogP contribution is 2.21. The number of rotatable bonds is 7. The molecule has 0 bridgehead atoms. The van der Waals surface area contributed by atoms with Gasteiger partial charge >= 0.3 is 0 Å². The molecule has 0 saturated heterocycles. The zero-order chi connectivity index (χ0) is 11.2. The summed E-state index contributed by atoms with van der Waals surface area (Å²) in [7, 11) is 2.26. The highest BCUT2D eigenvalue weighted by Gasteiger charge is 2.24. The van der Waals surface area contributed by atoms with Crippen molar-refractivity contribution < 1.29 is 0 Å². The molecule has 0 aliphatic heterocycles. The van der Waals surface area contributed by atoms with E-state index in [0.29, 0.717) is 5.54 Å². The van der Waals surface area contributed by atoms with E-state index in [4.69, 9.17) is 0 Å². The minimum absolute atomic E-state index is 0.353. The third-order valence-electron chi connectivity index (χ3n) is 3.71. The minimum atomic E-state index is 0.353. The smallest absolute Gasteiger partial charge is 0.0150 e. The molecular formula is C13H29N. The fourth-order valence-electron chi connectivity index (χ4n) is 1.73. The second-order valence-corrected chi connectivity index (χ2v) is 5.12. The molecule has 14 heavy (non-hydrogen) atoms. The maximum Gasteiger partial charge on any atom is 0.0150 e. The molecule has 0 heterocycles. The first kappa shape index (κ1) is 14.0. The number of nitrogens with zero attached hydrogens (tertiary/aromatic N) is 1. The van der Waals surface area contributed by atoms with Crippen molar-refractivity contribution in [3.8, 4) is 0 Å². The summed E-state index contributed by atoms with van der Waals surface area (Å²) in [6.45, 7) is 11.6. The summed E-state index contributed by atoms with van der Waals surface area (Å²) in [5, 5.41) is 0. The summed E-state index contributed by atoms with van der Waals surface area (Å²) in [4.78, 5) is 2.53. The summed E-state index contributed by atoms with van der Waals surface area (Å²) >= 11 is 0. The van der Waals surface area contributed by atoms with Crippen LogP contribution >= 0.6 is 0 Å². The molecule has 0 aromatic rings. The lowest BCUT2D eigenvalue weighted by Gasteiger charge is -2.39. The van der Waals surface area contributed by atoms with Crippen molar-refractivity contribution in [2.45, 2.75) is 78.3 Å². The third-order valence-corrected chi connectivity index (χ3v) is 3.71. The Morgan fingerprint density at radius 3 is 2.14 bits per heavy atom. The van der Waals surface area contributed by atoms with Gasteiger partial charge in [0.2, 0.25) is 0 Å². The van der Waals surface area contributed by atoms with Crippen LogP contribution in [-0.4, -0.2) is 23.5 Å². The Morgan fingerprint density at radius 1 is 1.14 bits per heavy atom. The molecule has 0 aliphatic rings. The fourth-order valence-corrected chi connectivity index (χ4v) is 1.73. The van der Waals surface area contributed by atoms with Crippen LogP contribution in [0, 0.1) is 0 Å². The Morgan fingerprint density at radius 2 is 1.71 bits per heavy atom. The Labute approximate surface area is 90.9 Å². The van der Waals surface area contributed by atoms with Crippen LogP contribution in [0.4, 0.5) is 0 Å². The molecule has 0 rings (SSSR count). The van der Waals surface area contributed by atoms with Crippen LogP contribution in [0.1, 0.15) is 66.7 Å². The molecule has 86 valence electrons. The van der Waals surface area contributed by atoms with Gasteiger partial charge in [0.1, 0.15) is 0 Å². The van der Waals surface area contributed by atoms with Gasteiger partial charge in [0.05, 0.1) is 0 Å². The SMILES string of the molecule is CCCCCC(C)N(C)C(C)(C)CC. The zero-order valence-corrected chi connectivity index (χ0v) is 11.1. The monoisotopic (exact) mass is 199 g/mol. The summed E-state index contributed by atoms with van der Waals surface area (Å²) in [5.74, 6) is 0. The first-order chi connectivity index (χ1) is 6.45. The average molecular weight is 199 g/mol. The number of hydrogen-bond donors (Lipinski definition) is 0. The minimum Gasteiger partial charge on any atom is -0.299 e. The average Bonchev–Trinajstić information content (AvgIpc) is 2.17. The van der Waals surface area contributed by atoms with Crippen LogP contribution in [0.25, 0.3) is 0 Å². The van der Waals surface area contributed by atoms with Gasteiger partial charge in [-0.1, -0.05) is 33.1 Å². The van der Waals surface area contributed by atoms with Crippen LogP contribution in [0.2, 0.25) is 0 Å². The predicted octanol–water partition coefficient (Wildman–Crippen LogP) is 4.08. The van der Waals surface area contributed by atoms with E-state index in [9.17, 15) is 0 Å². The van der Waals surface area contributed by atoms with E-state index >= 15 is 0 Å². The predicted molar refractivity (Wildman–Crippen MR) is 65.7 cm³/mol. The topological polar surface area (TPSA) is 3.24 Å². The molecule has 1 heteroatoms. The van der Waals surface area contributed by atoms with Crippen LogP contribution in [0.3, 0.4) is 0 Å². The van der Waals surface area contributed by atoms with E-state index in [1.165, 1.54) is 32.1 Å². The molecule has 0 saturated carbocycles. The van der Waals surface area contributed by atoms with Gasteiger partial charge in [-0.25, -0.2) is 0 Å². The van der Waals surface area contributed by atoms with Crippen LogP contribution in [0.5, 0.6) is 0 Å². The Hall–Kier alpha value is -0.0400. The van der Waals surface area contributed by atoms with Crippen molar-refractivity contribution in [3.05, 3.63) is 0 Å². The molecule has 0 aromatic carbocycles. The maximum atomic E-state index is 2.53. The fraction of sp³-hybridized carbons (Fsp3) is 1.00. The summed E-state index contributed by atoms with van der Waals surface area (Å²) in [6, 6.07) is 0.719. The Balaban J connectivity index is 3.92. The molecule has 0 N–H and O–H groups in total. The highest BCUT2D eigenvalue weighted by atomic mass is 15.2. The lowest BCUT2D eigenvalue weighted by atomic mass is 9.96. The van der Waals surface area contributed by atoms with E-state index in [2.05, 4.69) is 46.6 Å². The highest BCUT2D eigenvalue weighted by molar-refractivity contribution is 4.81. The molecule has 1 nitrogen and oxygen atoms in total. The molecule has 1 unspecified atom stereocenters. The lowest BCUT2D eigenvalue weighted by molar-refractivity contribution is 0.0995. The quantitative estimate of drug-likeness (QED) is 0.559. The molecule has 0 spiro atoms. The third kappa shape index (κ3) is 4.45. The maximum absolute atomic E-state index is 2.53. The Kier molecular flexibility index (Phi) is 6.43. The Bertz CT molecular complexity index is 140. The van der Waals surface area contributed by atoms with Gasteiger partial charge in [0, 0.05) is 11.6 Å². The molecule has 0 aliphatic carbocycles. The van der Waals surface area contributed by atoms with Gasteiger partial charge in [-0.3, -0.25) is 4.90 Å². The first-order valence-electron chi connectivity index (χ1n) is 6.18. The molecule has 0 aromatic heterocycles. The van der Waals surface area contributed by atoms with E-state index in [1.54, 1.807) is 0 Å². The van der Waals surface area contributed by atoms with Crippen molar-refractivity contribution in [1.29, 1.82) is 0 Å². The van der Waals surface area contributed by atoms with E-state index in [-0.39, 0.29) is 0 Å².